The van der Waals surface area contributed by atoms with Crippen molar-refractivity contribution in [3.05, 3.63) is 0 Å². The van der Waals surface area contributed by atoms with Crippen molar-refractivity contribution in [3.8, 4) is 0 Å². The summed E-state index contributed by atoms with van der Waals surface area (Å²) in [6.45, 7) is 5.44. The highest BCUT2D eigenvalue weighted by Gasteiger charge is 2.32. The van der Waals surface area contributed by atoms with Crippen LogP contribution in [0.3, 0.4) is 0 Å². The maximum atomic E-state index is 12.9. The molecule has 9 N–H and O–H groups in total. The van der Waals surface area contributed by atoms with Gasteiger partial charge < -0.3 is 37.6 Å². The second-order valence-corrected chi connectivity index (χ2v) is 9.48. The summed E-state index contributed by atoms with van der Waals surface area (Å²) in [4.78, 5) is 49.4. The summed E-state index contributed by atoms with van der Waals surface area (Å²) in [6.07, 6.45) is 2.86. The number of hydrogen-bond acceptors (Lipinski definition) is 8. The van der Waals surface area contributed by atoms with E-state index in [1.165, 1.54) is 18.7 Å². The van der Waals surface area contributed by atoms with Gasteiger partial charge in [0.25, 0.3) is 0 Å². The van der Waals surface area contributed by atoms with Gasteiger partial charge in [-0.2, -0.15) is 11.8 Å². The normalized spacial score (nSPS) is 15.8. The number of thioether (sulfide) groups is 1. The zero-order chi connectivity index (χ0) is 25.6. The average Bonchev–Trinajstić information content (AvgIpc) is 2.73. The highest BCUT2D eigenvalue weighted by molar-refractivity contribution is 7.98. The van der Waals surface area contributed by atoms with E-state index in [1.807, 2.05) is 20.1 Å². The number of hydrogen-bond donors (Lipinski definition) is 7. The summed E-state index contributed by atoms with van der Waals surface area (Å²) in [7, 11) is 0. The Morgan fingerprint density at radius 3 is 2.00 bits per heavy atom. The van der Waals surface area contributed by atoms with E-state index < -0.39 is 54.0 Å². The Bertz CT molecular complexity index is 634. The number of nitrogens with two attached hydrogens (primary N) is 2. The Labute approximate surface area is 200 Å². The molecule has 0 aromatic carbocycles. The van der Waals surface area contributed by atoms with Crippen LogP contribution in [0.5, 0.6) is 0 Å². The third kappa shape index (κ3) is 12.8. The minimum absolute atomic E-state index is 0.00573. The van der Waals surface area contributed by atoms with Gasteiger partial charge in [0.1, 0.15) is 18.1 Å². The molecule has 0 fully saturated rings. The molecule has 0 saturated heterocycles. The summed E-state index contributed by atoms with van der Waals surface area (Å²) >= 11 is 1.48. The van der Waals surface area contributed by atoms with Gasteiger partial charge >= 0.3 is 5.97 Å². The SMILES string of the molecule is CSCCC(NC(=O)C(N)CCCCN)C(=O)NC(C(=O)NC(CC(C)C)C(=O)O)C(C)O. The number of carboxylic acid groups (broad SMARTS) is 1. The van der Waals surface area contributed by atoms with Crippen molar-refractivity contribution in [2.24, 2.45) is 17.4 Å². The number of aliphatic carboxylic acids is 1. The molecule has 5 unspecified atom stereocenters. The molecule has 192 valence electrons. The zero-order valence-electron chi connectivity index (χ0n) is 20.0. The Balaban J connectivity index is 5.29. The number of aliphatic hydroxyl groups excluding tert-OH is 1. The lowest BCUT2D eigenvalue weighted by Gasteiger charge is -2.27. The Morgan fingerprint density at radius 1 is 0.909 bits per heavy atom. The summed E-state index contributed by atoms with van der Waals surface area (Å²) < 4.78 is 0. The van der Waals surface area contributed by atoms with Gasteiger partial charge in [0.2, 0.25) is 17.7 Å². The molecule has 3 amide bonds. The molecule has 0 aromatic heterocycles. The number of amides is 3. The highest BCUT2D eigenvalue weighted by Crippen LogP contribution is 2.08. The number of carbonyl (C=O) groups is 4. The Kier molecular flexibility index (Phi) is 15.7. The van der Waals surface area contributed by atoms with Crippen molar-refractivity contribution in [1.29, 1.82) is 0 Å². The molecule has 5 atom stereocenters. The summed E-state index contributed by atoms with van der Waals surface area (Å²) in [5.41, 5.74) is 11.4. The molecule has 0 aromatic rings. The second kappa shape index (κ2) is 16.7. The van der Waals surface area contributed by atoms with Crippen LogP contribution < -0.4 is 27.4 Å². The first-order valence-corrected chi connectivity index (χ1v) is 12.6. The summed E-state index contributed by atoms with van der Waals surface area (Å²) in [6, 6.07) is -4.32. The van der Waals surface area contributed by atoms with Crippen LogP contribution in [0.2, 0.25) is 0 Å². The van der Waals surface area contributed by atoms with Crippen LogP contribution in [-0.4, -0.2) is 82.7 Å². The molecule has 0 rings (SSSR count). The number of unbranched alkanes of at least 4 members (excludes halogenated alkanes) is 1. The minimum atomic E-state index is -1.39. The maximum Gasteiger partial charge on any atom is 0.326 e. The van der Waals surface area contributed by atoms with E-state index >= 15 is 0 Å². The van der Waals surface area contributed by atoms with E-state index in [-0.39, 0.29) is 18.8 Å². The average molecular weight is 492 g/mol. The summed E-state index contributed by atoms with van der Waals surface area (Å²) in [5, 5.41) is 26.9. The van der Waals surface area contributed by atoms with Crippen molar-refractivity contribution in [2.75, 3.05) is 18.6 Å². The molecule has 0 radical (unpaired) electrons. The molecule has 0 spiro atoms. The summed E-state index contributed by atoms with van der Waals surface area (Å²) in [5.74, 6) is -2.62. The highest BCUT2D eigenvalue weighted by atomic mass is 32.2. The molecule has 0 saturated carbocycles. The van der Waals surface area contributed by atoms with Gasteiger partial charge in [0, 0.05) is 0 Å². The van der Waals surface area contributed by atoms with Gasteiger partial charge in [-0.1, -0.05) is 20.3 Å². The van der Waals surface area contributed by atoms with Crippen molar-refractivity contribution >= 4 is 35.5 Å². The van der Waals surface area contributed by atoms with Crippen LogP contribution in [0, 0.1) is 5.92 Å². The Hall–Kier alpha value is -1.89. The fourth-order valence-electron chi connectivity index (χ4n) is 3.04. The molecular formula is C21H41N5O6S. The predicted octanol–water partition coefficient (Wildman–Crippen LogP) is -0.838. The van der Waals surface area contributed by atoms with Gasteiger partial charge in [0.05, 0.1) is 12.1 Å². The third-order valence-electron chi connectivity index (χ3n) is 4.93. The van der Waals surface area contributed by atoms with Gasteiger partial charge in [-0.25, -0.2) is 4.79 Å². The smallest absolute Gasteiger partial charge is 0.326 e. The molecule has 33 heavy (non-hydrogen) atoms. The standard InChI is InChI=1S/C21H41N5O6S/c1-12(2)11-16(21(31)32)25-20(30)17(13(3)27)26-19(29)15(8-10-33-4)24-18(28)14(23)7-5-6-9-22/h12-17,27H,5-11,22-23H2,1-4H3,(H,24,28)(H,25,30)(H,26,29)(H,31,32). The lowest BCUT2D eigenvalue weighted by Crippen LogP contribution is -2.60. The lowest BCUT2D eigenvalue weighted by molar-refractivity contribution is -0.143. The van der Waals surface area contributed by atoms with Crippen LogP contribution in [0.25, 0.3) is 0 Å². The van der Waals surface area contributed by atoms with Crippen molar-refractivity contribution in [3.63, 3.8) is 0 Å². The fraction of sp³-hybridized carbons (Fsp3) is 0.810. The fourth-order valence-corrected chi connectivity index (χ4v) is 3.51. The molecule has 0 aliphatic heterocycles. The Morgan fingerprint density at radius 2 is 1.52 bits per heavy atom. The van der Waals surface area contributed by atoms with Gasteiger partial charge in [-0.15, -0.1) is 0 Å². The first-order chi connectivity index (χ1) is 15.4. The number of nitrogens with one attached hydrogen (secondary N) is 3. The quantitative estimate of drug-likeness (QED) is 0.127. The molecule has 0 aliphatic carbocycles. The number of rotatable bonds is 17. The molecule has 0 heterocycles. The van der Waals surface area contributed by atoms with Gasteiger partial charge in [0.15, 0.2) is 0 Å². The molecule has 11 nitrogen and oxygen atoms in total. The van der Waals surface area contributed by atoms with E-state index in [1.54, 1.807) is 0 Å². The number of aliphatic hydroxyl groups is 1. The van der Waals surface area contributed by atoms with E-state index in [0.717, 1.165) is 6.42 Å². The van der Waals surface area contributed by atoms with Crippen LogP contribution in [0.4, 0.5) is 0 Å². The molecule has 12 heteroatoms. The van der Waals surface area contributed by atoms with Crippen molar-refractivity contribution in [2.45, 2.75) is 83.1 Å². The van der Waals surface area contributed by atoms with Crippen LogP contribution in [-0.2, 0) is 19.2 Å². The van der Waals surface area contributed by atoms with Crippen LogP contribution in [0.1, 0.15) is 52.9 Å². The van der Waals surface area contributed by atoms with E-state index in [9.17, 15) is 29.4 Å². The minimum Gasteiger partial charge on any atom is -0.480 e. The predicted molar refractivity (Wildman–Crippen MR) is 128 cm³/mol. The lowest BCUT2D eigenvalue weighted by atomic mass is 10.0. The van der Waals surface area contributed by atoms with Crippen molar-refractivity contribution < 1.29 is 29.4 Å². The van der Waals surface area contributed by atoms with E-state index in [0.29, 0.717) is 25.1 Å². The first kappa shape index (κ1) is 31.1. The van der Waals surface area contributed by atoms with Crippen LogP contribution >= 0.6 is 11.8 Å². The van der Waals surface area contributed by atoms with Gasteiger partial charge in [-0.3, -0.25) is 14.4 Å². The first-order valence-electron chi connectivity index (χ1n) is 11.2. The maximum absolute atomic E-state index is 12.9. The largest absolute Gasteiger partial charge is 0.480 e. The molecule has 0 aliphatic rings. The second-order valence-electron chi connectivity index (χ2n) is 8.49. The van der Waals surface area contributed by atoms with E-state index in [2.05, 4.69) is 16.0 Å². The topological polar surface area (TPSA) is 197 Å². The number of carbonyl (C=O) groups excluding carboxylic acids is 3. The molecule has 0 bridgehead atoms. The third-order valence-corrected chi connectivity index (χ3v) is 5.58. The van der Waals surface area contributed by atoms with Crippen molar-refractivity contribution in [1.82, 2.24) is 16.0 Å². The number of carboxylic acids is 1. The zero-order valence-corrected chi connectivity index (χ0v) is 20.8. The van der Waals surface area contributed by atoms with Crippen LogP contribution in [0.15, 0.2) is 0 Å². The van der Waals surface area contributed by atoms with Gasteiger partial charge in [-0.05, 0) is 57.1 Å². The monoisotopic (exact) mass is 491 g/mol. The molecular weight excluding hydrogens is 450 g/mol. The van der Waals surface area contributed by atoms with E-state index in [4.69, 9.17) is 11.5 Å².